The SMILES string of the molecule is CCc1occc1C(=O)C(C#N)c1ccc(C(C)C)cc1. The molecule has 0 aliphatic rings. The minimum Gasteiger partial charge on any atom is -0.469 e. The molecule has 0 radical (unpaired) electrons. The fourth-order valence-electron chi connectivity index (χ4n) is 2.35. The molecule has 3 heteroatoms. The number of aryl methyl sites for hydroxylation is 1. The lowest BCUT2D eigenvalue weighted by Gasteiger charge is -2.11. The molecular weight excluding hydrogens is 262 g/mol. The van der Waals surface area contributed by atoms with Gasteiger partial charge in [0.15, 0.2) is 5.78 Å². The third-order valence-corrected chi connectivity index (χ3v) is 3.66. The molecule has 0 fully saturated rings. The Hall–Kier alpha value is -2.34. The van der Waals surface area contributed by atoms with E-state index in [2.05, 4.69) is 19.9 Å². The van der Waals surface area contributed by atoms with Crippen LogP contribution < -0.4 is 0 Å². The molecule has 0 saturated heterocycles. The Labute approximate surface area is 125 Å². The number of furan rings is 1. The monoisotopic (exact) mass is 281 g/mol. The summed E-state index contributed by atoms with van der Waals surface area (Å²) in [6.45, 7) is 6.15. The molecule has 1 unspecified atom stereocenters. The molecule has 2 rings (SSSR count). The Bertz CT molecular complexity index is 659. The normalized spacial score (nSPS) is 12.1. The minimum atomic E-state index is -0.783. The molecule has 0 saturated carbocycles. The smallest absolute Gasteiger partial charge is 0.187 e. The number of hydrogen-bond acceptors (Lipinski definition) is 3. The van der Waals surface area contributed by atoms with Crippen LogP contribution in [0.4, 0.5) is 0 Å². The van der Waals surface area contributed by atoms with Crippen molar-refractivity contribution in [2.24, 2.45) is 0 Å². The summed E-state index contributed by atoms with van der Waals surface area (Å²) in [6.07, 6.45) is 2.14. The van der Waals surface area contributed by atoms with E-state index < -0.39 is 5.92 Å². The summed E-state index contributed by atoms with van der Waals surface area (Å²) in [7, 11) is 0. The Morgan fingerprint density at radius 2 is 1.81 bits per heavy atom. The second-order valence-corrected chi connectivity index (χ2v) is 5.36. The van der Waals surface area contributed by atoms with Crippen molar-refractivity contribution < 1.29 is 9.21 Å². The zero-order valence-corrected chi connectivity index (χ0v) is 12.6. The molecule has 1 aromatic carbocycles. The van der Waals surface area contributed by atoms with E-state index in [4.69, 9.17) is 4.42 Å². The number of Topliss-reactive ketones (excluding diaryl/α,β-unsaturated/α-hetero) is 1. The van der Waals surface area contributed by atoms with Gasteiger partial charge in [-0.15, -0.1) is 0 Å². The molecule has 1 atom stereocenters. The fraction of sp³-hybridized carbons (Fsp3) is 0.333. The molecule has 0 aliphatic heterocycles. The Balaban J connectivity index is 2.32. The lowest BCUT2D eigenvalue weighted by atomic mass is 9.90. The van der Waals surface area contributed by atoms with Crippen molar-refractivity contribution >= 4 is 5.78 Å². The van der Waals surface area contributed by atoms with E-state index >= 15 is 0 Å². The largest absolute Gasteiger partial charge is 0.469 e. The first-order chi connectivity index (χ1) is 10.1. The van der Waals surface area contributed by atoms with E-state index in [1.54, 1.807) is 6.07 Å². The van der Waals surface area contributed by atoms with Gasteiger partial charge in [0.2, 0.25) is 0 Å². The number of hydrogen-bond donors (Lipinski definition) is 0. The maximum atomic E-state index is 12.6. The van der Waals surface area contributed by atoms with Crippen LogP contribution >= 0.6 is 0 Å². The summed E-state index contributed by atoms with van der Waals surface area (Å²) in [5.41, 5.74) is 2.44. The van der Waals surface area contributed by atoms with Gasteiger partial charge in [0.1, 0.15) is 11.7 Å². The number of nitriles is 1. The maximum Gasteiger partial charge on any atom is 0.187 e. The molecule has 1 aromatic heterocycles. The first-order valence-corrected chi connectivity index (χ1v) is 7.18. The summed E-state index contributed by atoms with van der Waals surface area (Å²) >= 11 is 0. The standard InChI is InChI=1S/C18H19NO2/c1-4-17-15(9-10-21-17)18(20)16(11-19)14-7-5-13(6-8-14)12(2)3/h5-10,12,16H,4H2,1-3H3. The Kier molecular flexibility index (Phi) is 4.59. The van der Waals surface area contributed by atoms with Gasteiger partial charge in [-0.25, -0.2) is 0 Å². The van der Waals surface area contributed by atoms with Crippen LogP contribution in [-0.2, 0) is 6.42 Å². The summed E-state index contributed by atoms with van der Waals surface area (Å²) in [5, 5.41) is 9.39. The van der Waals surface area contributed by atoms with Crippen LogP contribution in [0.2, 0.25) is 0 Å². The number of carbonyl (C=O) groups excluding carboxylic acids is 1. The molecule has 21 heavy (non-hydrogen) atoms. The highest BCUT2D eigenvalue weighted by molar-refractivity contribution is 6.03. The van der Waals surface area contributed by atoms with Crippen LogP contribution in [0.15, 0.2) is 41.0 Å². The van der Waals surface area contributed by atoms with E-state index in [9.17, 15) is 10.1 Å². The second kappa shape index (κ2) is 6.41. The molecule has 1 heterocycles. The van der Waals surface area contributed by atoms with Crippen molar-refractivity contribution in [3.63, 3.8) is 0 Å². The fourth-order valence-corrected chi connectivity index (χ4v) is 2.35. The van der Waals surface area contributed by atoms with Crippen molar-refractivity contribution in [2.45, 2.75) is 39.0 Å². The van der Waals surface area contributed by atoms with Gasteiger partial charge in [0.25, 0.3) is 0 Å². The van der Waals surface area contributed by atoms with Crippen molar-refractivity contribution in [3.8, 4) is 6.07 Å². The molecule has 3 nitrogen and oxygen atoms in total. The first-order valence-electron chi connectivity index (χ1n) is 7.18. The van der Waals surface area contributed by atoms with E-state index in [0.717, 1.165) is 5.56 Å². The number of benzene rings is 1. The van der Waals surface area contributed by atoms with Crippen molar-refractivity contribution in [1.82, 2.24) is 0 Å². The van der Waals surface area contributed by atoms with Crippen LogP contribution in [0.5, 0.6) is 0 Å². The van der Waals surface area contributed by atoms with Gasteiger partial charge in [-0.05, 0) is 23.1 Å². The van der Waals surface area contributed by atoms with Crippen LogP contribution in [0.3, 0.4) is 0 Å². The van der Waals surface area contributed by atoms with Crippen molar-refractivity contribution in [2.75, 3.05) is 0 Å². The predicted molar refractivity (Wildman–Crippen MR) is 81.3 cm³/mol. The lowest BCUT2D eigenvalue weighted by molar-refractivity contribution is 0.0977. The van der Waals surface area contributed by atoms with Gasteiger partial charge in [-0.1, -0.05) is 45.0 Å². The van der Waals surface area contributed by atoms with E-state index in [0.29, 0.717) is 23.7 Å². The zero-order valence-electron chi connectivity index (χ0n) is 12.6. The van der Waals surface area contributed by atoms with Gasteiger partial charge in [-0.2, -0.15) is 5.26 Å². The Morgan fingerprint density at radius 1 is 1.19 bits per heavy atom. The average Bonchev–Trinajstić information content (AvgIpc) is 2.96. The highest BCUT2D eigenvalue weighted by Gasteiger charge is 2.25. The van der Waals surface area contributed by atoms with Gasteiger partial charge in [0, 0.05) is 6.42 Å². The van der Waals surface area contributed by atoms with Crippen LogP contribution in [-0.4, -0.2) is 5.78 Å². The van der Waals surface area contributed by atoms with Gasteiger partial charge < -0.3 is 4.42 Å². The first kappa shape index (κ1) is 15.1. The molecule has 0 amide bonds. The maximum absolute atomic E-state index is 12.6. The van der Waals surface area contributed by atoms with E-state index in [1.807, 2.05) is 31.2 Å². The number of ketones is 1. The van der Waals surface area contributed by atoms with Crippen molar-refractivity contribution in [3.05, 3.63) is 59.0 Å². The Morgan fingerprint density at radius 3 is 2.33 bits per heavy atom. The summed E-state index contributed by atoms with van der Waals surface area (Å²) in [5.74, 6) is 0.0874. The van der Waals surface area contributed by atoms with Gasteiger partial charge >= 0.3 is 0 Å². The average molecular weight is 281 g/mol. The van der Waals surface area contributed by atoms with Crippen LogP contribution in [0.25, 0.3) is 0 Å². The zero-order chi connectivity index (χ0) is 15.4. The van der Waals surface area contributed by atoms with E-state index in [1.165, 1.54) is 11.8 Å². The quantitative estimate of drug-likeness (QED) is 0.760. The molecule has 2 aromatic rings. The van der Waals surface area contributed by atoms with Crippen LogP contribution in [0, 0.1) is 11.3 Å². The van der Waals surface area contributed by atoms with Gasteiger partial charge in [-0.3, -0.25) is 4.79 Å². The molecule has 108 valence electrons. The summed E-state index contributed by atoms with van der Waals surface area (Å²) in [6, 6.07) is 11.5. The highest BCUT2D eigenvalue weighted by Crippen LogP contribution is 2.25. The number of carbonyl (C=O) groups is 1. The van der Waals surface area contributed by atoms with Crippen LogP contribution in [0.1, 0.15) is 59.9 Å². The third-order valence-electron chi connectivity index (χ3n) is 3.66. The highest BCUT2D eigenvalue weighted by atomic mass is 16.3. The summed E-state index contributed by atoms with van der Waals surface area (Å²) < 4.78 is 5.29. The number of rotatable bonds is 5. The lowest BCUT2D eigenvalue weighted by Crippen LogP contribution is -2.12. The third kappa shape index (κ3) is 3.05. The minimum absolute atomic E-state index is 0.194. The summed E-state index contributed by atoms with van der Waals surface area (Å²) in [4.78, 5) is 12.6. The molecule has 0 spiro atoms. The van der Waals surface area contributed by atoms with Crippen molar-refractivity contribution in [1.29, 1.82) is 5.26 Å². The molecule has 0 aliphatic carbocycles. The molecule has 0 N–H and O–H groups in total. The second-order valence-electron chi connectivity index (χ2n) is 5.36. The number of nitrogens with zero attached hydrogens (tertiary/aromatic N) is 1. The topological polar surface area (TPSA) is 54.0 Å². The predicted octanol–water partition coefficient (Wildman–Crippen LogP) is 4.46. The van der Waals surface area contributed by atoms with Gasteiger partial charge in [0.05, 0.1) is 17.9 Å². The molecule has 0 bridgehead atoms. The van der Waals surface area contributed by atoms with E-state index in [-0.39, 0.29) is 5.78 Å². The molecular formula is C18H19NO2.